The van der Waals surface area contributed by atoms with Crippen LogP contribution in [0.5, 0.6) is 0 Å². The summed E-state index contributed by atoms with van der Waals surface area (Å²) in [5, 5.41) is 0. The molecule has 4 nitrogen and oxygen atoms in total. The van der Waals surface area contributed by atoms with Crippen molar-refractivity contribution in [3.05, 3.63) is 0 Å². The van der Waals surface area contributed by atoms with Gasteiger partial charge in [-0.25, -0.2) is 0 Å². The number of amides is 1. The molecule has 0 fully saturated rings. The Morgan fingerprint density at radius 3 is 2.16 bits per heavy atom. The summed E-state index contributed by atoms with van der Waals surface area (Å²) in [6.45, 7) is 10.8. The second-order valence-electron chi connectivity index (χ2n) is 6.23. The molecular weight excluding hydrogens is 238 g/mol. The van der Waals surface area contributed by atoms with Crippen LogP contribution in [0.25, 0.3) is 0 Å². The van der Waals surface area contributed by atoms with E-state index in [-0.39, 0.29) is 11.9 Å². The van der Waals surface area contributed by atoms with Gasteiger partial charge in [0.2, 0.25) is 5.91 Å². The molecule has 0 aromatic rings. The Hall–Kier alpha value is -0.610. The fraction of sp³-hybridized carbons (Fsp3) is 0.933. The van der Waals surface area contributed by atoms with Gasteiger partial charge in [0.05, 0.1) is 0 Å². The van der Waals surface area contributed by atoms with Crippen LogP contribution in [0.2, 0.25) is 0 Å². The summed E-state index contributed by atoms with van der Waals surface area (Å²) in [4.78, 5) is 16.5. The van der Waals surface area contributed by atoms with E-state index in [0.29, 0.717) is 24.8 Å². The van der Waals surface area contributed by atoms with Crippen LogP contribution in [0.1, 0.15) is 40.5 Å². The monoisotopic (exact) mass is 271 g/mol. The molecule has 0 saturated carbocycles. The predicted molar refractivity (Wildman–Crippen MR) is 82.0 cm³/mol. The van der Waals surface area contributed by atoms with Crippen molar-refractivity contribution in [1.82, 2.24) is 9.80 Å². The largest absolute Gasteiger partial charge is 0.339 e. The zero-order valence-corrected chi connectivity index (χ0v) is 13.6. The summed E-state index contributed by atoms with van der Waals surface area (Å²) in [5.41, 5.74) is 5.79. The van der Waals surface area contributed by atoms with Crippen LogP contribution in [0.15, 0.2) is 0 Å². The molecule has 0 radical (unpaired) electrons. The number of nitrogens with two attached hydrogens (primary N) is 1. The highest BCUT2D eigenvalue weighted by molar-refractivity contribution is 5.76. The minimum absolute atomic E-state index is 0.243. The molecule has 19 heavy (non-hydrogen) atoms. The topological polar surface area (TPSA) is 49.6 Å². The first-order valence-corrected chi connectivity index (χ1v) is 7.46. The molecule has 0 aliphatic rings. The van der Waals surface area contributed by atoms with Gasteiger partial charge >= 0.3 is 0 Å². The maximum absolute atomic E-state index is 12.4. The van der Waals surface area contributed by atoms with Crippen LogP contribution >= 0.6 is 0 Å². The van der Waals surface area contributed by atoms with E-state index in [2.05, 4.69) is 25.7 Å². The molecule has 2 unspecified atom stereocenters. The summed E-state index contributed by atoms with van der Waals surface area (Å²) in [7, 11) is 4.08. The van der Waals surface area contributed by atoms with E-state index in [1.165, 1.54) is 0 Å². The molecule has 0 heterocycles. The molecule has 0 bridgehead atoms. The zero-order chi connectivity index (χ0) is 15.0. The van der Waals surface area contributed by atoms with Crippen LogP contribution in [-0.2, 0) is 4.79 Å². The van der Waals surface area contributed by atoms with Crippen molar-refractivity contribution in [3.8, 4) is 0 Å². The molecule has 2 N–H and O–H groups in total. The van der Waals surface area contributed by atoms with Gasteiger partial charge in [-0.15, -0.1) is 0 Å². The number of rotatable bonds is 9. The molecule has 2 atom stereocenters. The van der Waals surface area contributed by atoms with Gasteiger partial charge in [0.1, 0.15) is 0 Å². The van der Waals surface area contributed by atoms with Crippen molar-refractivity contribution >= 4 is 5.91 Å². The Bertz CT molecular complexity index is 254. The summed E-state index contributed by atoms with van der Waals surface area (Å²) < 4.78 is 0. The van der Waals surface area contributed by atoms with Gasteiger partial charge in [-0.3, -0.25) is 4.79 Å². The Morgan fingerprint density at radius 1 is 1.21 bits per heavy atom. The number of hydrogen-bond donors (Lipinski definition) is 1. The van der Waals surface area contributed by atoms with Crippen LogP contribution in [0.3, 0.4) is 0 Å². The fourth-order valence-corrected chi connectivity index (χ4v) is 2.65. The zero-order valence-electron chi connectivity index (χ0n) is 13.6. The average molecular weight is 271 g/mol. The quantitative estimate of drug-likeness (QED) is 0.695. The van der Waals surface area contributed by atoms with E-state index >= 15 is 0 Å². The lowest BCUT2D eigenvalue weighted by atomic mass is 9.93. The smallest absolute Gasteiger partial charge is 0.223 e. The van der Waals surface area contributed by atoms with Crippen LogP contribution in [0.4, 0.5) is 0 Å². The molecule has 0 aromatic heterocycles. The van der Waals surface area contributed by atoms with Crippen LogP contribution in [-0.4, -0.2) is 55.5 Å². The number of carbonyl (C=O) groups is 1. The molecule has 1 amide bonds. The van der Waals surface area contributed by atoms with Crippen molar-refractivity contribution in [1.29, 1.82) is 0 Å². The summed E-state index contributed by atoms with van der Waals surface area (Å²) in [6.07, 6.45) is 1.61. The highest BCUT2D eigenvalue weighted by atomic mass is 16.2. The van der Waals surface area contributed by atoms with Gasteiger partial charge < -0.3 is 15.5 Å². The number of carbonyl (C=O) groups excluding carboxylic acids is 1. The van der Waals surface area contributed by atoms with Crippen molar-refractivity contribution < 1.29 is 4.79 Å². The molecular formula is C15H33N3O. The van der Waals surface area contributed by atoms with E-state index in [1.807, 2.05) is 25.9 Å². The number of likely N-dealkylation sites (N-methyl/N-ethyl adjacent to an activating group) is 2. The average Bonchev–Trinajstić information content (AvgIpc) is 2.27. The third-order valence-electron chi connectivity index (χ3n) is 3.42. The Morgan fingerprint density at radius 2 is 1.79 bits per heavy atom. The Kier molecular flexibility index (Phi) is 9.02. The summed E-state index contributed by atoms with van der Waals surface area (Å²) in [6, 6.07) is 0.255. The fourth-order valence-electron chi connectivity index (χ4n) is 2.65. The van der Waals surface area contributed by atoms with Gasteiger partial charge in [0.25, 0.3) is 0 Å². The maximum Gasteiger partial charge on any atom is 0.223 e. The van der Waals surface area contributed by atoms with Gasteiger partial charge in [0, 0.05) is 25.6 Å². The molecule has 0 aliphatic heterocycles. The Balaban J connectivity index is 4.48. The highest BCUT2D eigenvalue weighted by Crippen LogP contribution is 2.16. The minimum atomic E-state index is 0.243. The first-order chi connectivity index (χ1) is 8.81. The van der Waals surface area contributed by atoms with Crippen molar-refractivity contribution in [2.24, 2.45) is 17.6 Å². The normalized spacial score (nSPS) is 14.8. The maximum atomic E-state index is 12.4. The van der Waals surface area contributed by atoms with Gasteiger partial charge in [-0.1, -0.05) is 13.8 Å². The van der Waals surface area contributed by atoms with E-state index < -0.39 is 0 Å². The first-order valence-electron chi connectivity index (χ1n) is 7.46. The first kappa shape index (κ1) is 18.4. The third-order valence-corrected chi connectivity index (χ3v) is 3.42. The second-order valence-corrected chi connectivity index (χ2v) is 6.23. The third kappa shape index (κ3) is 7.53. The molecule has 0 aliphatic carbocycles. The van der Waals surface area contributed by atoms with Gasteiger partial charge in [0.15, 0.2) is 0 Å². The molecule has 0 aromatic carbocycles. The molecule has 4 heteroatoms. The second kappa shape index (κ2) is 9.32. The van der Waals surface area contributed by atoms with Crippen LogP contribution < -0.4 is 5.73 Å². The lowest BCUT2D eigenvalue weighted by molar-refractivity contribution is -0.134. The lowest BCUT2D eigenvalue weighted by Crippen LogP contribution is -2.44. The summed E-state index contributed by atoms with van der Waals surface area (Å²) in [5.74, 6) is 1.15. The standard InChI is InChI=1S/C15H33N3O/c1-7-18(13(4)11-17(5)6)15(19)9-14(10-16)8-12(2)3/h12-14H,7-11,16H2,1-6H3. The van der Waals surface area contributed by atoms with E-state index in [1.54, 1.807) is 0 Å². The van der Waals surface area contributed by atoms with Crippen molar-refractivity contribution in [3.63, 3.8) is 0 Å². The van der Waals surface area contributed by atoms with Gasteiger partial charge in [-0.05, 0) is 52.7 Å². The molecule has 0 spiro atoms. The highest BCUT2D eigenvalue weighted by Gasteiger charge is 2.22. The SMILES string of the molecule is CCN(C(=O)CC(CN)CC(C)C)C(C)CN(C)C. The van der Waals surface area contributed by atoms with Crippen molar-refractivity contribution in [2.45, 2.75) is 46.6 Å². The molecule has 0 saturated heterocycles. The predicted octanol–water partition coefficient (Wildman–Crippen LogP) is 1.80. The van der Waals surface area contributed by atoms with E-state index in [9.17, 15) is 4.79 Å². The van der Waals surface area contributed by atoms with Crippen molar-refractivity contribution in [2.75, 3.05) is 33.7 Å². The van der Waals surface area contributed by atoms with E-state index in [4.69, 9.17) is 5.73 Å². The number of nitrogens with zero attached hydrogens (tertiary/aromatic N) is 2. The minimum Gasteiger partial charge on any atom is -0.339 e. The Labute approximate surface area is 119 Å². The summed E-state index contributed by atoms with van der Waals surface area (Å²) >= 11 is 0. The van der Waals surface area contributed by atoms with E-state index in [0.717, 1.165) is 19.5 Å². The van der Waals surface area contributed by atoms with Crippen LogP contribution in [0, 0.1) is 11.8 Å². The number of hydrogen-bond acceptors (Lipinski definition) is 3. The lowest BCUT2D eigenvalue weighted by Gasteiger charge is -2.31. The molecule has 0 rings (SSSR count). The van der Waals surface area contributed by atoms with Gasteiger partial charge in [-0.2, -0.15) is 0 Å². The molecule has 114 valence electrons.